The highest BCUT2D eigenvalue weighted by molar-refractivity contribution is 6.16. The lowest BCUT2D eigenvalue weighted by molar-refractivity contribution is 0.668. The van der Waals surface area contributed by atoms with Crippen molar-refractivity contribution in [3.05, 3.63) is 370 Å². The summed E-state index contributed by atoms with van der Waals surface area (Å²) in [5, 5.41) is 19.3. The third-order valence-corrected chi connectivity index (χ3v) is 24.0. The Balaban J connectivity index is 0.612. The first-order valence-electron chi connectivity index (χ1n) is 38.8. The Labute approximate surface area is 650 Å². The van der Waals surface area contributed by atoms with E-state index in [9.17, 15) is 0 Å². The number of para-hydroxylation sites is 6. The summed E-state index contributed by atoms with van der Waals surface area (Å²) in [6, 6.07) is 134. The smallest absolute Gasteiger partial charge is 0.160 e. The summed E-state index contributed by atoms with van der Waals surface area (Å²) in [7, 11) is 0. The maximum absolute atomic E-state index is 6.41. The quantitative estimate of drug-likeness (QED) is 0.144. The summed E-state index contributed by atoms with van der Waals surface area (Å²) >= 11 is 0. The minimum absolute atomic E-state index is 0.649. The SMILES string of the molecule is c1cc(-c2ccc3nc(-c4ccc5cc(-n6c7ccccc7c7ccc(-c8ccc9c(c8)oc8ccccc89)cc76)ccc5c4)nc(-c4ccc5cc(-n6c7ccccc7c7ccc(-c8ccc9c(c8)oc8ccccc89)cc76)ccc5c4)c3c2)cc(-n2c3ccccc3c3ccc(-c4ccc5c(c4)oc4ccccc45)cc32)c1. The summed E-state index contributed by atoms with van der Waals surface area (Å²) in [5.41, 5.74) is 27.8. The summed E-state index contributed by atoms with van der Waals surface area (Å²) < 4.78 is 26.5. The van der Waals surface area contributed by atoms with Gasteiger partial charge in [0.05, 0.1) is 44.3 Å². The molecule has 7 heterocycles. The molecule has 0 saturated heterocycles. The average molecular weight is 1450 g/mol. The van der Waals surface area contributed by atoms with Crippen LogP contribution in [0.25, 0.3) is 248 Å². The summed E-state index contributed by atoms with van der Waals surface area (Å²) in [4.78, 5) is 11.2. The normalized spacial score (nSPS) is 12.2. The molecule has 7 aromatic heterocycles. The molecular formula is C106H61N5O3. The van der Waals surface area contributed by atoms with Gasteiger partial charge in [-0.15, -0.1) is 0 Å². The van der Waals surface area contributed by atoms with Crippen LogP contribution < -0.4 is 0 Å². The molecule has 0 unspecified atom stereocenters. The third kappa shape index (κ3) is 9.58. The number of hydrogen-bond donors (Lipinski definition) is 0. The van der Waals surface area contributed by atoms with E-state index in [4.69, 9.17) is 23.2 Å². The topological polar surface area (TPSA) is 80.0 Å². The second-order valence-corrected chi connectivity index (χ2v) is 30.4. The zero-order valence-corrected chi connectivity index (χ0v) is 61.2. The lowest BCUT2D eigenvalue weighted by Crippen LogP contribution is -1.97. The molecule has 528 valence electrons. The van der Waals surface area contributed by atoms with Gasteiger partial charge in [0.1, 0.15) is 33.5 Å². The molecule has 0 spiro atoms. The van der Waals surface area contributed by atoms with Gasteiger partial charge in [-0.1, -0.05) is 218 Å². The second-order valence-electron chi connectivity index (χ2n) is 30.4. The fraction of sp³-hybridized carbons (Fsp3) is 0. The highest BCUT2D eigenvalue weighted by atomic mass is 16.3. The van der Waals surface area contributed by atoms with Crippen LogP contribution in [0.2, 0.25) is 0 Å². The molecule has 0 aliphatic carbocycles. The Kier molecular flexibility index (Phi) is 13.2. The van der Waals surface area contributed by atoms with Crippen molar-refractivity contribution in [2.24, 2.45) is 0 Å². The highest BCUT2D eigenvalue weighted by Gasteiger charge is 2.23. The number of hydrogen-bond acceptors (Lipinski definition) is 5. The van der Waals surface area contributed by atoms with Gasteiger partial charge < -0.3 is 27.0 Å². The van der Waals surface area contributed by atoms with E-state index in [-0.39, 0.29) is 0 Å². The molecular weight excluding hydrogens is 1390 g/mol. The van der Waals surface area contributed by atoms with E-state index in [0.717, 1.165) is 210 Å². The molecule has 0 bridgehead atoms. The predicted octanol–water partition coefficient (Wildman–Crippen LogP) is 28.9. The summed E-state index contributed by atoms with van der Waals surface area (Å²) in [6.07, 6.45) is 0. The Hall–Kier alpha value is -15.4. The number of fused-ring (bicyclic) bond motifs is 21. The van der Waals surface area contributed by atoms with Crippen molar-refractivity contribution in [1.29, 1.82) is 0 Å². The van der Waals surface area contributed by atoms with Crippen LogP contribution in [0.1, 0.15) is 0 Å². The predicted molar refractivity (Wildman–Crippen MR) is 472 cm³/mol. The number of rotatable bonds is 9. The summed E-state index contributed by atoms with van der Waals surface area (Å²) in [5.74, 6) is 0.649. The van der Waals surface area contributed by atoms with E-state index in [0.29, 0.717) is 5.82 Å². The molecule has 0 N–H and O–H groups in total. The Morgan fingerprint density at radius 2 is 0.500 bits per heavy atom. The van der Waals surface area contributed by atoms with Crippen LogP contribution in [-0.4, -0.2) is 23.7 Å². The molecule has 0 amide bonds. The Morgan fingerprint density at radius 3 is 0.965 bits per heavy atom. The first-order chi connectivity index (χ1) is 56.4. The standard InChI is InChI=1S/C106H61N5O3/c1-7-22-93-79(16-1)82-43-34-68(71-37-46-88-85-19-4-10-25-99(85)112-102(88)59-71)56-96(82)109(93)76-15-13-14-62(52-76)67-40-49-92-91(55-67)105(74-30-28-65-53-77(41-32-63(65)50-74)110-94-23-8-2-17-80(94)83-44-35-69(57-97(83)110)72-38-47-89-86-20-5-11-26-100(86)113-103(89)60-72)108-106(107-92)75-31-29-66-54-78(42-33-64(66)51-75)111-95-24-9-3-18-81(95)84-45-36-70(58-98(84)111)73-39-48-90-87-21-6-12-27-101(87)114-104(90)61-73/h1-61H. The van der Waals surface area contributed by atoms with Gasteiger partial charge in [-0.2, -0.15) is 0 Å². The minimum atomic E-state index is 0.649. The van der Waals surface area contributed by atoms with Crippen LogP contribution in [0.5, 0.6) is 0 Å². The maximum atomic E-state index is 6.41. The van der Waals surface area contributed by atoms with Crippen molar-refractivity contribution in [1.82, 2.24) is 23.7 Å². The van der Waals surface area contributed by atoms with Crippen LogP contribution in [-0.2, 0) is 0 Å². The van der Waals surface area contributed by atoms with Crippen molar-refractivity contribution in [2.45, 2.75) is 0 Å². The van der Waals surface area contributed by atoms with Crippen molar-refractivity contribution < 1.29 is 13.3 Å². The van der Waals surface area contributed by atoms with E-state index >= 15 is 0 Å². The highest BCUT2D eigenvalue weighted by Crippen LogP contribution is 2.45. The fourth-order valence-corrected chi connectivity index (χ4v) is 18.5. The monoisotopic (exact) mass is 1450 g/mol. The molecule has 0 radical (unpaired) electrons. The molecule has 0 atom stereocenters. The van der Waals surface area contributed by atoms with Gasteiger partial charge in [0, 0.05) is 98.2 Å². The molecule has 114 heavy (non-hydrogen) atoms. The molecule has 0 aliphatic heterocycles. The van der Waals surface area contributed by atoms with Gasteiger partial charge in [-0.25, -0.2) is 9.97 Å². The number of nitrogens with zero attached hydrogens (tertiary/aromatic N) is 5. The van der Waals surface area contributed by atoms with E-state index < -0.39 is 0 Å². The van der Waals surface area contributed by atoms with Gasteiger partial charge in [-0.3, -0.25) is 0 Å². The van der Waals surface area contributed by atoms with Crippen LogP contribution in [0, 0.1) is 0 Å². The van der Waals surface area contributed by atoms with Gasteiger partial charge in [-0.05, 0) is 218 Å². The minimum Gasteiger partial charge on any atom is -0.456 e. The molecule has 25 aromatic rings. The van der Waals surface area contributed by atoms with Crippen molar-refractivity contribution in [3.63, 3.8) is 0 Å². The van der Waals surface area contributed by atoms with Gasteiger partial charge in [0.25, 0.3) is 0 Å². The molecule has 18 aromatic carbocycles. The first-order valence-corrected chi connectivity index (χ1v) is 38.8. The van der Waals surface area contributed by atoms with E-state index in [1.165, 1.54) is 32.3 Å². The molecule has 8 heteroatoms. The van der Waals surface area contributed by atoms with E-state index in [2.05, 4.69) is 347 Å². The molecule has 0 aliphatic rings. The zero-order chi connectivity index (χ0) is 74.4. The second kappa shape index (κ2) is 24.1. The number of benzene rings is 18. The van der Waals surface area contributed by atoms with E-state index in [1.807, 2.05) is 36.4 Å². The molecule has 25 rings (SSSR count). The Morgan fingerprint density at radius 1 is 0.175 bits per heavy atom. The number of aromatic nitrogens is 5. The van der Waals surface area contributed by atoms with E-state index in [1.54, 1.807) is 0 Å². The largest absolute Gasteiger partial charge is 0.456 e. The molecule has 0 saturated carbocycles. The van der Waals surface area contributed by atoms with Crippen molar-refractivity contribution in [3.8, 4) is 84.2 Å². The van der Waals surface area contributed by atoms with Crippen LogP contribution in [0.4, 0.5) is 0 Å². The van der Waals surface area contributed by atoms with Crippen LogP contribution in [0.3, 0.4) is 0 Å². The van der Waals surface area contributed by atoms with Gasteiger partial charge in [0.15, 0.2) is 5.82 Å². The third-order valence-electron chi connectivity index (χ3n) is 24.0. The zero-order valence-electron chi connectivity index (χ0n) is 61.2. The van der Waals surface area contributed by atoms with Crippen LogP contribution >= 0.6 is 0 Å². The molecule has 0 fully saturated rings. The maximum Gasteiger partial charge on any atom is 0.160 e. The average Bonchev–Trinajstić information content (AvgIpc) is 1.55. The Bertz CT molecular complexity index is 8470. The number of furan rings is 3. The van der Waals surface area contributed by atoms with Gasteiger partial charge in [0.2, 0.25) is 0 Å². The van der Waals surface area contributed by atoms with Crippen LogP contribution in [0.15, 0.2) is 383 Å². The molecule has 8 nitrogen and oxygen atoms in total. The van der Waals surface area contributed by atoms with Crippen molar-refractivity contribution >= 4 is 164 Å². The lowest BCUT2D eigenvalue weighted by Gasteiger charge is -2.14. The van der Waals surface area contributed by atoms with Gasteiger partial charge >= 0.3 is 0 Å². The first kappa shape index (κ1) is 62.5. The van der Waals surface area contributed by atoms with Crippen molar-refractivity contribution in [2.75, 3.05) is 0 Å². The summed E-state index contributed by atoms with van der Waals surface area (Å²) in [6.45, 7) is 0. The fourth-order valence-electron chi connectivity index (χ4n) is 18.5. The lowest BCUT2D eigenvalue weighted by atomic mass is 9.98.